The second kappa shape index (κ2) is 14.5. The molecule has 3 N–H and O–H groups in total. The molecule has 57 heavy (non-hydrogen) atoms. The van der Waals surface area contributed by atoms with Gasteiger partial charge in [-0.3, -0.25) is 0 Å². The third-order valence-corrected chi connectivity index (χ3v) is 11.3. The fourth-order valence-corrected chi connectivity index (χ4v) is 8.51. The van der Waals surface area contributed by atoms with Crippen molar-refractivity contribution >= 4 is 22.1 Å². The van der Waals surface area contributed by atoms with Crippen LogP contribution >= 0.6 is 0 Å². The van der Waals surface area contributed by atoms with E-state index in [-0.39, 0.29) is 6.17 Å². The molecule has 2 aliphatic rings. The van der Waals surface area contributed by atoms with Crippen molar-refractivity contribution in [2.45, 2.75) is 25.9 Å². The van der Waals surface area contributed by atoms with Gasteiger partial charge < -0.3 is 16.0 Å². The minimum atomic E-state index is 0.173. The molecule has 0 fully saturated rings. The number of hydrogen-bond acceptors (Lipinski definition) is 4. The molecule has 0 saturated carbocycles. The summed E-state index contributed by atoms with van der Waals surface area (Å²) in [6.45, 7) is 2.20. The maximum Gasteiger partial charge on any atom is 0.101 e. The number of fused-ring (bicyclic) bond motifs is 1. The van der Waals surface area contributed by atoms with E-state index in [1.807, 2.05) is 0 Å². The summed E-state index contributed by atoms with van der Waals surface area (Å²) in [6.07, 6.45) is 6.70. The molecular formula is C53H42N4. The number of hydrogen-bond donors (Lipinski definition) is 2. The Morgan fingerprint density at radius 2 is 1.14 bits per heavy atom. The van der Waals surface area contributed by atoms with Crippen molar-refractivity contribution in [1.29, 1.82) is 0 Å². The highest BCUT2D eigenvalue weighted by molar-refractivity contribution is 5.97. The lowest BCUT2D eigenvalue weighted by Gasteiger charge is -2.28. The molecule has 8 aromatic rings. The molecule has 0 spiro atoms. The standard InChI is InChI=1S/C53H42N4/c1-35-55-50-19-7-8-20-53(50)57(35)47-31-44(30-46(54)34-47)39-23-21-37(22-24-39)38-25-27-41(28-26-38)51-32-45(36-11-3-2-4-12-36)33-52(56-51)43-16-9-15-42(29-43)49-18-10-14-40-13-5-6-17-48(40)49/h2-7,9-19,21-35,55H,8,20,54H2,1H3. The van der Waals surface area contributed by atoms with Gasteiger partial charge in [0.15, 0.2) is 0 Å². The Kier molecular flexibility index (Phi) is 8.72. The molecule has 7 aromatic carbocycles. The normalized spacial score (nSPS) is 14.8. The van der Waals surface area contributed by atoms with E-state index < -0.39 is 0 Å². The number of benzene rings is 7. The predicted molar refractivity (Wildman–Crippen MR) is 239 cm³/mol. The van der Waals surface area contributed by atoms with Crippen LogP contribution in [0, 0.1) is 0 Å². The van der Waals surface area contributed by atoms with E-state index in [0.717, 1.165) is 80.1 Å². The largest absolute Gasteiger partial charge is 0.399 e. The lowest BCUT2D eigenvalue weighted by Crippen LogP contribution is -2.34. The Morgan fingerprint density at radius 1 is 0.544 bits per heavy atom. The Hall–Kier alpha value is -7.17. The molecule has 0 amide bonds. The number of nitrogens with zero attached hydrogens (tertiary/aromatic N) is 2. The average molecular weight is 735 g/mol. The van der Waals surface area contributed by atoms with Gasteiger partial charge in [-0.25, -0.2) is 4.98 Å². The summed E-state index contributed by atoms with van der Waals surface area (Å²) in [5.74, 6) is 0. The molecular weight excluding hydrogens is 693 g/mol. The van der Waals surface area contributed by atoms with Gasteiger partial charge in [0, 0.05) is 28.2 Å². The molecule has 0 bridgehead atoms. The van der Waals surface area contributed by atoms with Gasteiger partial charge in [0.25, 0.3) is 0 Å². The molecule has 1 aliphatic heterocycles. The lowest BCUT2D eigenvalue weighted by molar-refractivity contribution is 0.663. The quantitative estimate of drug-likeness (QED) is 0.160. The molecule has 1 atom stereocenters. The Labute approximate surface area is 334 Å². The molecule has 274 valence electrons. The molecule has 2 heterocycles. The number of aromatic nitrogens is 1. The average Bonchev–Trinajstić information content (AvgIpc) is 3.62. The number of nitrogen functional groups attached to an aromatic ring is 1. The molecule has 4 heteroatoms. The van der Waals surface area contributed by atoms with Crippen LogP contribution in [0.5, 0.6) is 0 Å². The number of pyridine rings is 1. The van der Waals surface area contributed by atoms with Gasteiger partial charge in [-0.05, 0) is 118 Å². The maximum atomic E-state index is 6.51. The van der Waals surface area contributed by atoms with Crippen LogP contribution in [0.15, 0.2) is 199 Å². The van der Waals surface area contributed by atoms with Crippen LogP contribution in [0.1, 0.15) is 19.8 Å². The Bertz CT molecular complexity index is 2830. The number of rotatable bonds is 7. The van der Waals surface area contributed by atoms with Gasteiger partial charge >= 0.3 is 0 Å². The van der Waals surface area contributed by atoms with E-state index in [1.165, 1.54) is 33.3 Å². The van der Waals surface area contributed by atoms with Crippen LogP contribution in [0.2, 0.25) is 0 Å². The molecule has 0 saturated heterocycles. The van der Waals surface area contributed by atoms with Crippen LogP contribution in [0.25, 0.3) is 77.8 Å². The van der Waals surface area contributed by atoms with Gasteiger partial charge in [-0.1, -0.05) is 146 Å². The summed E-state index contributed by atoms with van der Waals surface area (Å²) in [7, 11) is 0. The highest BCUT2D eigenvalue weighted by Gasteiger charge is 2.29. The van der Waals surface area contributed by atoms with Crippen molar-refractivity contribution < 1.29 is 0 Å². The Morgan fingerprint density at radius 3 is 1.93 bits per heavy atom. The van der Waals surface area contributed by atoms with Gasteiger partial charge in [-0.15, -0.1) is 0 Å². The van der Waals surface area contributed by atoms with Gasteiger partial charge in [-0.2, -0.15) is 0 Å². The van der Waals surface area contributed by atoms with E-state index in [0.29, 0.717) is 0 Å². The first kappa shape index (κ1) is 34.3. The third kappa shape index (κ3) is 6.66. The molecule has 10 rings (SSSR count). The van der Waals surface area contributed by atoms with Crippen molar-refractivity contribution in [3.05, 3.63) is 199 Å². The highest BCUT2D eigenvalue weighted by Crippen LogP contribution is 2.38. The van der Waals surface area contributed by atoms with Crippen LogP contribution < -0.4 is 16.0 Å². The summed E-state index contributed by atoms with van der Waals surface area (Å²) in [5.41, 5.74) is 24.3. The van der Waals surface area contributed by atoms with E-state index >= 15 is 0 Å². The van der Waals surface area contributed by atoms with Crippen LogP contribution in [-0.4, -0.2) is 11.1 Å². The van der Waals surface area contributed by atoms with Gasteiger partial charge in [0.2, 0.25) is 0 Å². The molecule has 1 aromatic heterocycles. The highest BCUT2D eigenvalue weighted by atomic mass is 15.3. The zero-order valence-electron chi connectivity index (χ0n) is 31.9. The topological polar surface area (TPSA) is 54.2 Å². The summed E-state index contributed by atoms with van der Waals surface area (Å²) < 4.78 is 0. The zero-order valence-corrected chi connectivity index (χ0v) is 31.9. The first-order valence-electron chi connectivity index (χ1n) is 19.8. The van der Waals surface area contributed by atoms with Crippen LogP contribution in [-0.2, 0) is 0 Å². The van der Waals surface area contributed by atoms with E-state index in [1.54, 1.807) is 0 Å². The predicted octanol–water partition coefficient (Wildman–Crippen LogP) is 13.1. The monoisotopic (exact) mass is 734 g/mol. The SMILES string of the molecule is CC1NC2=C(CCC=C2)N1c1cc(N)cc(-c2ccc(-c3ccc(-c4cc(-c5ccccc5)cc(-c5cccc(-c6cccc7ccccc67)c5)n4)cc3)cc2)c1. The second-order valence-electron chi connectivity index (χ2n) is 15.1. The zero-order chi connectivity index (χ0) is 38.3. The van der Waals surface area contributed by atoms with Crippen molar-refractivity contribution in [2.75, 3.05) is 10.6 Å². The van der Waals surface area contributed by atoms with Gasteiger partial charge in [0.1, 0.15) is 6.17 Å². The van der Waals surface area contributed by atoms with Crippen molar-refractivity contribution in [3.63, 3.8) is 0 Å². The fraction of sp³-hybridized carbons (Fsp3) is 0.0755. The minimum Gasteiger partial charge on any atom is -0.399 e. The fourth-order valence-electron chi connectivity index (χ4n) is 8.51. The Balaban J connectivity index is 0.955. The molecule has 1 unspecified atom stereocenters. The lowest BCUT2D eigenvalue weighted by atomic mass is 9.95. The maximum absolute atomic E-state index is 6.51. The number of allylic oxidation sites excluding steroid dienone is 3. The summed E-state index contributed by atoms with van der Waals surface area (Å²) >= 11 is 0. The number of anilines is 2. The molecule has 4 nitrogen and oxygen atoms in total. The van der Waals surface area contributed by atoms with E-state index in [4.69, 9.17) is 10.7 Å². The van der Waals surface area contributed by atoms with Crippen molar-refractivity contribution in [3.8, 4) is 67.0 Å². The van der Waals surface area contributed by atoms with Crippen LogP contribution in [0.3, 0.4) is 0 Å². The van der Waals surface area contributed by atoms with Crippen molar-refractivity contribution in [2.24, 2.45) is 0 Å². The third-order valence-electron chi connectivity index (χ3n) is 11.3. The summed E-state index contributed by atoms with van der Waals surface area (Å²) in [4.78, 5) is 7.68. The van der Waals surface area contributed by atoms with Crippen molar-refractivity contribution in [1.82, 2.24) is 10.3 Å². The van der Waals surface area contributed by atoms with E-state index in [2.05, 4.69) is 205 Å². The molecule has 0 radical (unpaired) electrons. The first-order valence-corrected chi connectivity index (χ1v) is 19.8. The number of nitrogens with two attached hydrogens (primary N) is 1. The summed E-state index contributed by atoms with van der Waals surface area (Å²) in [6, 6.07) is 62.9. The molecule has 1 aliphatic carbocycles. The smallest absolute Gasteiger partial charge is 0.101 e. The van der Waals surface area contributed by atoms with E-state index in [9.17, 15) is 0 Å². The van der Waals surface area contributed by atoms with Crippen LogP contribution in [0.4, 0.5) is 11.4 Å². The second-order valence-corrected chi connectivity index (χ2v) is 15.1. The minimum absolute atomic E-state index is 0.173. The number of nitrogens with one attached hydrogen (secondary N) is 1. The summed E-state index contributed by atoms with van der Waals surface area (Å²) in [5, 5.41) is 6.11. The van der Waals surface area contributed by atoms with Gasteiger partial charge in [0.05, 0.1) is 17.1 Å². The first-order chi connectivity index (χ1) is 28.0.